The van der Waals surface area contributed by atoms with Crippen molar-refractivity contribution in [3.63, 3.8) is 0 Å². The zero-order valence-electron chi connectivity index (χ0n) is 22.1. The van der Waals surface area contributed by atoms with Crippen molar-refractivity contribution in [1.29, 1.82) is 0 Å². The monoisotopic (exact) mass is 504 g/mol. The van der Waals surface area contributed by atoms with Crippen molar-refractivity contribution in [2.75, 3.05) is 13.7 Å². The Labute approximate surface area is 214 Å². The van der Waals surface area contributed by atoms with Gasteiger partial charge in [-0.25, -0.2) is 4.79 Å². The fourth-order valence-corrected chi connectivity index (χ4v) is 7.27. The quantitative estimate of drug-likeness (QED) is 0.415. The molecule has 4 saturated carbocycles. The standard InChI is InChI=1S/C28H41ClN2O4/c1-16(2)21(12-32)26(6,30-24(34)31-28-13-27(14-28,15-28)23(33)35-7)17-8-9-18(22(29)10-17)19-11-20(19)25(3,4)5/h8-10,16,19-21,32H,11-15H2,1-7H3,(H2,30,31,34)/t19-,20+,21+,26?,27?,28?/m0/s1. The van der Waals surface area contributed by atoms with Crippen LogP contribution in [0.1, 0.15) is 84.3 Å². The normalized spacial score (nSPS) is 31.5. The van der Waals surface area contributed by atoms with Gasteiger partial charge in [0.15, 0.2) is 0 Å². The van der Waals surface area contributed by atoms with Crippen LogP contribution in [0, 0.1) is 28.6 Å². The van der Waals surface area contributed by atoms with E-state index in [1.807, 2.05) is 26.8 Å². The topological polar surface area (TPSA) is 87.7 Å². The first-order valence-electron chi connectivity index (χ1n) is 12.8. The Bertz CT molecular complexity index is 997. The van der Waals surface area contributed by atoms with Crippen molar-refractivity contribution >= 4 is 23.6 Å². The summed E-state index contributed by atoms with van der Waals surface area (Å²) in [5.41, 5.74) is 0.690. The van der Waals surface area contributed by atoms with E-state index in [1.165, 1.54) is 7.11 Å². The zero-order chi connectivity index (χ0) is 26.0. The molecule has 4 aliphatic carbocycles. The Morgan fingerprint density at radius 2 is 1.83 bits per heavy atom. The molecular weight excluding hydrogens is 464 g/mol. The van der Waals surface area contributed by atoms with Gasteiger partial charge in [0, 0.05) is 23.1 Å². The predicted molar refractivity (Wildman–Crippen MR) is 137 cm³/mol. The number of benzene rings is 1. The van der Waals surface area contributed by atoms with Crippen molar-refractivity contribution in [3.8, 4) is 0 Å². The minimum atomic E-state index is -0.828. The number of nitrogens with one attached hydrogen (secondary N) is 2. The van der Waals surface area contributed by atoms with E-state index in [1.54, 1.807) is 0 Å². The summed E-state index contributed by atoms with van der Waals surface area (Å²) < 4.78 is 4.92. The summed E-state index contributed by atoms with van der Waals surface area (Å²) in [6.45, 7) is 12.8. The number of aliphatic hydroxyl groups excluding tert-OH is 1. The third-order valence-corrected chi connectivity index (χ3v) is 9.37. The van der Waals surface area contributed by atoms with Gasteiger partial charge in [-0.1, -0.05) is 58.4 Å². The number of carbonyl (C=O) groups is 2. The molecule has 6 nitrogen and oxygen atoms in total. The largest absolute Gasteiger partial charge is 0.469 e. The van der Waals surface area contributed by atoms with Gasteiger partial charge in [0.2, 0.25) is 0 Å². The number of hydrogen-bond acceptors (Lipinski definition) is 4. The molecule has 2 amide bonds. The maximum absolute atomic E-state index is 13.2. The van der Waals surface area contributed by atoms with E-state index < -0.39 is 11.0 Å². The van der Waals surface area contributed by atoms with Gasteiger partial charge in [-0.15, -0.1) is 0 Å². The number of rotatable bonds is 8. The summed E-state index contributed by atoms with van der Waals surface area (Å²) in [6, 6.07) is 5.83. The highest BCUT2D eigenvalue weighted by atomic mass is 35.5. The molecule has 194 valence electrons. The predicted octanol–water partition coefficient (Wildman–Crippen LogP) is 5.36. The highest BCUT2D eigenvalue weighted by Gasteiger charge is 2.73. The van der Waals surface area contributed by atoms with Crippen molar-refractivity contribution in [1.82, 2.24) is 10.6 Å². The fraction of sp³-hybridized carbons (Fsp3) is 0.714. The molecular formula is C28H41ClN2O4. The van der Waals surface area contributed by atoms with Crippen LogP contribution < -0.4 is 10.6 Å². The first-order valence-corrected chi connectivity index (χ1v) is 13.2. The minimum absolute atomic E-state index is 0.0703. The second-order valence-corrected chi connectivity index (χ2v) is 13.4. The number of methoxy groups -OCH3 is 1. The van der Waals surface area contributed by atoms with Crippen LogP contribution in [0.15, 0.2) is 18.2 Å². The Balaban J connectivity index is 1.53. The van der Waals surface area contributed by atoms with Crippen molar-refractivity contribution in [3.05, 3.63) is 34.3 Å². The van der Waals surface area contributed by atoms with Crippen LogP contribution in [0.25, 0.3) is 0 Å². The van der Waals surface area contributed by atoms with Crippen molar-refractivity contribution in [2.45, 2.75) is 84.2 Å². The lowest BCUT2D eigenvalue weighted by Gasteiger charge is -2.68. The van der Waals surface area contributed by atoms with E-state index in [0.717, 1.165) is 17.5 Å². The van der Waals surface area contributed by atoms with Gasteiger partial charge in [-0.05, 0) is 73.0 Å². The first kappa shape index (κ1) is 26.3. The van der Waals surface area contributed by atoms with E-state index in [2.05, 4.69) is 43.5 Å². The molecule has 0 spiro atoms. The van der Waals surface area contributed by atoms with E-state index >= 15 is 0 Å². The van der Waals surface area contributed by atoms with E-state index in [-0.39, 0.29) is 41.4 Å². The second kappa shape index (κ2) is 8.65. The molecule has 1 unspecified atom stereocenters. The molecule has 4 fully saturated rings. The van der Waals surface area contributed by atoms with Crippen LogP contribution in [-0.4, -0.2) is 36.4 Å². The van der Waals surface area contributed by atoms with Gasteiger partial charge in [-0.2, -0.15) is 0 Å². The lowest BCUT2D eigenvalue weighted by atomic mass is 9.39. The molecule has 35 heavy (non-hydrogen) atoms. The number of hydrogen-bond donors (Lipinski definition) is 3. The molecule has 4 atom stereocenters. The Morgan fingerprint density at radius 1 is 1.20 bits per heavy atom. The average molecular weight is 505 g/mol. The molecule has 0 radical (unpaired) electrons. The number of ether oxygens (including phenoxy) is 1. The maximum atomic E-state index is 13.2. The molecule has 2 bridgehead atoms. The van der Waals surface area contributed by atoms with Gasteiger partial charge in [0.05, 0.1) is 18.1 Å². The molecule has 3 N–H and O–H groups in total. The van der Waals surface area contributed by atoms with Crippen LogP contribution in [0.5, 0.6) is 0 Å². The lowest BCUT2D eigenvalue weighted by Crippen LogP contribution is -2.78. The summed E-state index contributed by atoms with van der Waals surface area (Å²) >= 11 is 6.82. The summed E-state index contributed by atoms with van der Waals surface area (Å²) in [5.74, 6) is 0.793. The van der Waals surface area contributed by atoms with Crippen LogP contribution in [0.4, 0.5) is 4.79 Å². The molecule has 0 aromatic heterocycles. The minimum Gasteiger partial charge on any atom is -0.469 e. The van der Waals surface area contributed by atoms with Crippen molar-refractivity contribution < 1.29 is 19.4 Å². The highest BCUT2D eigenvalue weighted by Crippen LogP contribution is 2.67. The highest BCUT2D eigenvalue weighted by molar-refractivity contribution is 6.31. The molecule has 1 aromatic carbocycles. The van der Waals surface area contributed by atoms with Crippen molar-refractivity contribution in [2.24, 2.45) is 28.6 Å². The van der Waals surface area contributed by atoms with Gasteiger partial charge in [-0.3, -0.25) is 4.79 Å². The molecule has 4 aliphatic rings. The average Bonchev–Trinajstić information content (AvgIpc) is 3.50. The second-order valence-electron chi connectivity index (χ2n) is 12.9. The number of amides is 2. The molecule has 0 aliphatic heterocycles. The van der Waals surface area contributed by atoms with E-state index in [9.17, 15) is 14.7 Å². The van der Waals surface area contributed by atoms with Crippen LogP contribution in [0.2, 0.25) is 5.02 Å². The number of aliphatic hydroxyl groups is 1. The first-order chi connectivity index (χ1) is 16.2. The SMILES string of the molecule is COC(=O)C12CC(NC(=O)NC(C)(c3ccc([C@@H]4C[C@H]4C(C)(C)C)c(Cl)c3)[C@H](CO)C(C)C)(C1)C2. The van der Waals surface area contributed by atoms with E-state index in [4.69, 9.17) is 16.3 Å². The van der Waals surface area contributed by atoms with Crippen LogP contribution in [-0.2, 0) is 15.1 Å². The lowest BCUT2D eigenvalue weighted by molar-refractivity contribution is -0.199. The smallest absolute Gasteiger partial charge is 0.315 e. The van der Waals surface area contributed by atoms with Gasteiger partial charge >= 0.3 is 12.0 Å². The van der Waals surface area contributed by atoms with Gasteiger partial charge < -0.3 is 20.5 Å². The third kappa shape index (κ3) is 4.46. The Morgan fingerprint density at radius 3 is 2.29 bits per heavy atom. The zero-order valence-corrected chi connectivity index (χ0v) is 22.9. The molecule has 7 heteroatoms. The third-order valence-electron chi connectivity index (χ3n) is 9.05. The summed E-state index contributed by atoms with van der Waals surface area (Å²) in [6.07, 6.45) is 2.98. The van der Waals surface area contributed by atoms with Gasteiger partial charge in [0.1, 0.15) is 0 Å². The number of esters is 1. The van der Waals surface area contributed by atoms with Crippen LogP contribution >= 0.6 is 11.6 Å². The summed E-state index contributed by atoms with van der Waals surface area (Å²) in [5, 5.41) is 17.3. The van der Waals surface area contributed by atoms with E-state index in [0.29, 0.717) is 36.1 Å². The fourth-order valence-electron chi connectivity index (χ4n) is 6.95. The Kier molecular flexibility index (Phi) is 6.50. The van der Waals surface area contributed by atoms with Crippen LogP contribution in [0.3, 0.4) is 0 Å². The summed E-state index contributed by atoms with van der Waals surface area (Å²) in [4.78, 5) is 25.2. The molecule has 5 rings (SSSR count). The molecule has 0 heterocycles. The Hall–Kier alpha value is -1.79. The molecule has 1 aromatic rings. The maximum Gasteiger partial charge on any atom is 0.315 e. The van der Waals surface area contributed by atoms with Gasteiger partial charge in [0.25, 0.3) is 0 Å². The number of urea groups is 1. The number of carbonyl (C=O) groups excluding carboxylic acids is 2. The molecule has 0 saturated heterocycles. The number of halogens is 1. The summed E-state index contributed by atoms with van der Waals surface area (Å²) in [7, 11) is 1.41.